The van der Waals surface area contributed by atoms with Gasteiger partial charge in [-0.15, -0.1) is 0 Å². The quantitative estimate of drug-likeness (QED) is 0.0154. The van der Waals surface area contributed by atoms with E-state index in [9.17, 15) is 14.4 Å². The van der Waals surface area contributed by atoms with Crippen LogP contribution in [0, 0.1) is 19.8 Å². The highest BCUT2D eigenvalue weighted by Crippen LogP contribution is 2.38. The van der Waals surface area contributed by atoms with Gasteiger partial charge in [-0.1, -0.05) is 54.4 Å². The van der Waals surface area contributed by atoms with Gasteiger partial charge in [0.15, 0.2) is 32.9 Å². The van der Waals surface area contributed by atoms with Crippen molar-refractivity contribution in [2.75, 3.05) is 80.6 Å². The molecule has 0 bridgehead atoms. The molecule has 26 nitrogen and oxygen atoms in total. The third-order valence-corrected chi connectivity index (χ3v) is 20.0. The van der Waals surface area contributed by atoms with Crippen molar-refractivity contribution < 1.29 is 33.8 Å². The van der Waals surface area contributed by atoms with E-state index in [2.05, 4.69) is 113 Å². The van der Waals surface area contributed by atoms with Gasteiger partial charge in [0.2, 0.25) is 5.91 Å². The van der Waals surface area contributed by atoms with Crippen LogP contribution in [0.1, 0.15) is 116 Å². The molecule has 11 N–H and O–H groups in total. The van der Waals surface area contributed by atoms with Gasteiger partial charge in [-0.25, -0.2) is 34.9 Å². The fourth-order valence-electron chi connectivity index (χ4n) is 11.1. The number of amidine groups is 1. The van der Waals surface area contributed by atoms with Crippen molar-refractivity contribution in [3.63, 3.8) is 0 Å². The van der Waals surface area contributed by atoms with Crippen molar-refractivity contribution in [1.29, 1.82) is 0 Å². The molecule has 10 aromatic rings. The summed E-state index contributed by atoms with van der Waals surface area (Å²) in [4.78, 5) is 78.9. The summed E-state index contributed by atoms with van der Waals surface area (Å²) in [5, 5.41) is 32.2. The van der Waals surface area contributed by atoms with E-state index in [-0.39, 0.29) is 51.1 Å². The van der Waals surface area contributed by atoms with Gasteiger partial charge in [0.25, 0.3) is 11.8 Å². The maximum Gasteiger partial charge on any atom is 0.257 e. The molecule has 8 heterocycles. The van der Waals surface area contributed by atoms with Gasteiger partial charge < -0.3 is 62.2 Å². The van der Waals surface area contributed by atoms with Gasteiger partial charge in [0.1, 0.15) is 34.9 Å². The number of H-pyrrole nitrogens is 2. The lowest BCUT2D eigenvalue weighted by Crippen LogP contribution is -2.54. The first kappa shape index (κ1) is 78.3. The van der Waals surface area contributed by atoms with Gasteiger partial charge in [-0.05, 0) is 219 Å². The number of hydrogen-bond donors (Lipinski definition) is 9. The van der Waals surface area contributed by atoms with Crippen LogP contribution in [0.5, 0.6) is 0 Å². The Hall–Kier alpha value is -10.3. The predicted molar refractivity (Wildman–Crippen MR) is 450 cm³/mol. The third-order valence-electron chi connectivity index (χ3n) is 16.7. The number of halogens is 2. The zero-order valence-corrected chi connectivity index (χ0v) is 65.8. The number of carbonyl (C=O) groups excluding carboxylic acids is 3. The minimum Gasteiger partial charge on any atom is -0.402 e. The van der Waals surface area contributed by atoms with E-state index < -0.39 is 0 Å². The van der Waals surface area contributed by atoms with E-state index in [1.807, 2.05) is 124 Å². The van der Waals surface area contributed by atoms with Crippen molar-refractivity contribution >= 4 is 146 Å². The molecule has 0 atom stereocenters. The van der Waals surface area contributed by atoms with E-state index in [1.54, 1.807) is 54.6 Å². The summed E-state index contributed by atoms with van der Waals surface area (Å²) in [5.74, 6) is 5.92. The molecule has 5 aromatic carbocycles. The Morgan fingerprint density at radius 3 is 1.32 bits per heavy atom. The highest BCUT2D eigenvalue weighted by molar-refractivity contribution is 7.99. The van der Waals surface area contributed by atoms with E-state index in [0.717, 1.165) is 113 Å². The number of carbonyl (C=O) groups is 3. The van der Waals surface area contributed by atoms with Gasteiger partial charge in [-0.2, -0.15) is 10.2 Å². The molecule has 31 heteroatoms. The average Bonchev–Trinajstić information content (AvgIpc) is 0.895. The molecule has 4 fully saturated rings. The Morgan fingerprint density at radius 2 is 0.954 bits per heavy atom. The Kier molecular flexibility index (Phi) is 25.4. The molecule has 5 aromatic heterocycles. The fourth-order valence-corrected chi connectivity index (χ4v) is 13.9. The van der Waals surface area contributed by atoms with Crippen LogP contribution in [0.2, 0.25) is 10.0 Å². The summed E-state index contributed by atoms with van der Waals surface area (Å²) in [7, 11) is 0. The largest absolute Gasteiger partial charge is 0.402 e. The standard InChI is InChI=1S/C28H30ClN7O2S.C26H26ClN7OS.C24H31N7O2S.7H2/c1-17-13-24(35-34-17)31-23-14-25(36-15-19(16-36)38-28(2,3)4)33-27(32-23)39-20-11-9-18(10-12-20)30-26(37)21-7-5-6-8-22(21)29;27-20-5-2-1-4-19(20)25(35)30-17-8-10-18(11-9-17)36-26-32-23(15-24(33-26)34-12-3-13-34)31-22(29)14-21(28)16-6-7-16;1-6-22(32)25-16-7-9-18(10-8-16)34-23-27-19(26-20-11-15(2)29-30-20)12-21(28-23)31-13-17(14-31)33-24(3,4)5;;;;;;;/h5-14,19H,15-16H2,1-4H3,(H,30,37)(H2,31,32,33,34,35);1-2,4-5,8-11,14-16H,3,6-7,12-13,28H2,(H,30,35)(H2,29,31,32,33);7-12,17H,6,13-14H2,1-5H3,(H,25,32)(H2,26,27,28,29,30);7*1H/b;21-14-;;;;;;;;. The number of benzene rings is 5. The average molecular weight is 1580 g/mol. The number of allylic oxidation sites excluding steroid dienone is 1. The molecular weight excluding hydrogens is 1480 g/mol. The number of amides is 3. The lowest BCUT2D eigenvalue weighted by atomic mass is 10.1. The topological polar surface area (TPSA) is 339 Å². The lowest BCUT2D eigenvalue weighted by molar-refractivity contribution is -0.115. The first-order valence-corrected chi connectivity index (χ1v) is 38.9. The second-order valence-corrected chi connectivity index (χ2v) is 32.2. The molecule has 1 saturated carbocycles. The molecule has 580 valence electrons. The number of hydrogen-bond acceptors (Lipinski definition) is 23. The highest BCUT2D eigenvalue weighted by atomic mass is 35.5. The lowest BCUT2D eigenvalue weighted by Gasteiger charge is -2.42. The Labute approximate surface area is 666 Å². The number of nitrogens with zero attached hydrogens (tertiary/aromatic N) is 12. The first-order valence-electron chi connectivity index (χ1n) is 35.6. The molecular formula is C78H101Cl2N21O5S3. The maximum absolute atomic E-state index is 12.6. The molecule has 3 aliphatic heterocycles. The van der Waals surface area contributed by atoms with E-state index in [1.165, 1.54) is 35.3 Å². The van der Waals surface area contributed by atoms with E-state index in [4.69, 9.17) is 69.1 Å². The zero-order chi connectivity index (χ0) is 76.9. The van der Waals surface area contributed by atoms with E-state index in [0.29, 0.717) is 95.3 Å². The number of anilines is 10. The predicted octanol–water partition coefficient (Wildman–Crippen LogP) is 17.8. The van der Waals surface area contributed by atoms with Crippen molar-refractivity contribution in [2.24, 2.45) is 22.4 Å². The molecule has 0 spiro atoms. The minimum absolute atomic E-state index is 0. The summed E-state index contributed by atoms with van der Waals surface area (Å²) < 4.78 is 12.2. The van der Waals surface area contributed by atoms with Crippen LogP contribution in [0.3, 0.4) is 0 Å². The van der Waals surface area contributed by atoms with Crippen molar-refractivity contribution in [3.05, 3.63) is 196 Å². The molecule has 3 saturated heterocycles. The number of rotatable bonds is 24. The number of nitrogens with one attached hydrogen (secondary N) is 7. The fraction of sp³-hybridized carbons (Fsp3) is 0.308. The van der Waals surface area contributed by atoms with Crippen molar-refractivity contribution in [3.8, 4) is 0 Å². The number of aryl methyl sites for hydroxylation is 2. The van der Waals surface area contributed by atoms with E-state index >= 15 is 0 Å². The smallest absolute Gasteiger partial charge is 0.257 e. The molecule has 0 unspecified atom stereocenters. The number of aromatic amines is 2. The molecule has 109 heavy (non-hydrogen) atoms. The van der Waals surface area contributed by atoms with Crippen molar-refractivity contribution in [2.45, 2.75) is 142 Å². The minimum atomic E-state index is -0.261. The molecule has 1 aliphatic carbocycles. The number of ether oxygens (including phenoxy) is 2. The molecule has 14 rings (SSSR count). The number of aromatic nitrogens is 10. The Balaban J connectivity index is 0.000000302. The highest BCUT2D eigenvalue weighted by Gasteiger charge is 2.34. The normalized spacial score (nSPS) is 14.6. The van der Waals surface area contributed by atoms with Crippen LogP contribution >= 0.6 is 58.5 Å². The summed E-state index contributed by atoms with van der Waals surface area (Å²) >= 11 is 16.6. The van der Waals surface area contributed by atoms with Gasteiger partial charge >= 0.3 is 0 Å². The third kappa shape index (κ3) is 23.1. The monoisotopic (exact) mass is 1580 g/mol. The molecule has 0 radical (unpaired) electrons. The van der Waals surface area contributed by atoms with Crippen LogP contribution in [-0.4, -0.2) is 137 Å². The molecule has 4 aliphatic rings. The molecule has 3 amide bonds. The summed E-state index contributed by atoms with van der Waals surface area (Å²) in [6, 6.07) is 46.1. The summed E-state index contributed by atoms with van der Waals surface area (Å²) in [6.07, 6.45) is 5.86. The van der Waals surface area contributed by atoms with Crippen LogP contribution in [-0.2, 0) is 14.3 Å². The van der Waals surface area contributed by atoms with Gasteiger partial charge in [0, 0.05) is 135 Å². The second kappa shape index (κ2) is 35.4. The Morgan fingerprint density at radius 1 is 0.550 bits per heavy atom. The van der Waals surface area contributed by atoms with Crippen LogP contribution in [0.15, 0.2) is 199 Å². The number of nitrogens with two attached hydrogens (primary N) is 2. The maximum atomic E-state index is 12.6. The zero-order valence-electron chi connectivity index (χ0n) is 61.9. The SMILES string of the molecule is CCC(=O)Nc1ccc(Sc2nc(Nc3cc(C)[nH]n3)cc(N3CC(OC(C)(C)C)C3)n2)cc1.Cc1cc(Nc2cc(N3CC(OC(C)(C)C)C3)nc(Sc3ccc(NC(=O)c4ccccc4Cl)cc3)n2)n[nH]1.NC(/C=C(\N)C1CC1)=Nc1cc(N2CCC2)nc(Sc2ccc(NC(=O)c3ccccc3Cl)cc2)n1.[HH].[HH].[HH].[HH].[HH].[HH].[HH]. The first-order chi connectivity index (χ1) is 52.2. The van der Waals surface area contributed by atoms with Crippen LogP contribution in [0.25, 0.3) is 0 Å². The summed E-state index contributed by atoms with van der Waals surface area (Å²) in [6.45, 7) is 23.1. The van der Waals surface area contributed by atoms with Crippen molar-refractivity contribution in [1.82, 2.24) is 50.3 Å². The Bertz CT molecular complexity index is 4940. The van der Waals surface area contributed by atoms with Crippen LogP contribution < -0.4 is 52.8 Å². The second-order valence-electron chi connectivity index (χ2n) is 28.2. The summed E-state index contributed by atoms with van der Waals surface area (Å²) in [5.41, 5.74) is 17.5. The van der Waals surface area contributed by atoms with Gasteiger partial charge in [0.05, 0.1) is 44.6 Å². The van der Waals surface area contributed by atoms with Crippen LogP contribution in [0.4, 0.5) is 63.6 Å². The number of aliphatic imine (C=N–C) groups is 1. The van der Waals surface area contributed by atoms with Gasteiger partial charge in [-0.3, -0.25) is 24.6 Å².